The summed E-state index contributed by atoms with van der Waals surface area (Å²) in [7, 11) is 0. The Balaban J connectivity index is 1.94. The molecule has 19 heavy (non-hydrogen) atoms. The summed E-state index contributed by atoms with van der Waals surface area (Å²) in [6.07, 6.45) is -0.769. The summed E-state index contributed by atoms with van der Waals surface area (Å²) in [6, 6.07) is 0. The van der Waals surface area contributed by atoms with Gasteiger partial charge >= 0.3 is 12.3 Å². The second kappa shape index (κ2) is 5.26. The summed E-state index contributed by atoms with van der Waals surface area (Å²) in [5.74, 6) is -6.29. The van der Waals surface area contributed by atoms with Crippen LogP contribution in [-0.2, 0) is 4.79 Å². The number of rotatable bonds is 2. The third kappa shape index (κ3) is 2.85. The molecule has 1 spiro atoms. The monoisotopic (exact) mass is 282 g/mol. The Hall–Kier alpha value is -0.850. The minimum absolute atomic E-state index is 0.0994. The maximum Gasteiger partial charge on any atom is 0.383 e. The van der Waals surface area contributed by atoms with Crippen molar-refractivity contribution >= 4 is 5.91 Å². The molecule has 2 aliphatic rings. The van der Waals surface area contributed by atoms with Crippen LogP contribution in [0.3, 0.4) is 0 Å². The normalized spacial score (nSPS) is 23.9. The smallest absolute Gasteiger partial charge is 0.337 e. The molecule has 2 rings (SSSR count). The van der Waals surface area contributed by atoms with E-state index in [2.05, 4.69) is 5.32 Å². The van der Waals surface area contributed by atoms with Crippen LogP contribution in [0.15, 0.2) is 0 Å². The molecule has 0 aromatic heterocycles. The van der Waals surface area contributed by atoms with Crippen LogP contribution in [0, 0.1) is 5.41 Å². The highest BCUT2D eigenvalue weighted by Crippen LogP contribution is 2.40. The summed E-state index contributed by atoms with van der Waals surface area (Å²) in [5, 5.41) is 3.23. The zero-order valence-electron chi connectivity index (χ0n) is 10.6. The molecule has 0 aliphatic carbocycles. The molecule has 0 atom stereocenters. The molecule has 3 nitrogen and oxygen atoms in total. The fourth-order valence-electron chi connectivity index (χ4n) is 2.95. The van der Waals surface area contributed by atoms with E-state index in [0.29, 0.717) is 12.8 Å². The van der Waals surface area contributed by atoms with Crippen LogP contribution < -0.4 is 5.32 Å². The molecular weight excluding hydrogens is 264 g/mol. The summed E-state index contributed by atoms with van der Waals surface area (Å²) < 4.78 is 50.3. The van der Waals surface area contributed by atoms with E-state index >= 15 is 0 Å². The van der Waals surface area contributed by atoms with E-state index in [1.807, 2.05) is 0 Å². The third-order valence-corrected chi connectivity index (χ3v) is 4.33. The fourth-order valence-corrected chi connectivity index (χ4v) is 2.95. The van der Waals surface area contributed by atoms with Crippen molar-refractivity contribution in [2.24, 2.45) is 5.41 Å². The Labute approximate surface area is 109 Å². The Morgan fingerprint density at radius 3 is 2.11 bits per heavy atom. The van der Waals surface area contributed by atoms with Crippen LogP contribution in [-0.4, -0.2) is 49.3 Å². The molecule has 7 heteroatoms. The molecule has 2 heterocycles. The van der Waals surface area contributed by atoms with Crippen molar-refractivity contribution < 1.29 is 22.4 Å². The van der Waals surface area contributed by atoms with E-state index < -0.39 is 18.3 Å². The van der Waals surface area contributed by atoms with Gasteiger partial charge in [-0.25, -0.2) is 8.78 Å². The lowest BCUT2D eigenvalue weighted by molar-refractivity contribution is -0.182. The molecule has 0 aromatic rings. The first-order chi connectivity index (χ1) is 8.87. The quantitative estimate of drug-likeness (QED) is 0.784. The van der Waals surface area contributed by atoms with Gasteiger partial charge in [0.25, 0.3) is 5.91 Å². The van der Waals surface area contributed by atoms with E-state index in [9.17, 15) is 22.4 Å². The molecule has 0 bridgehead atoms. The van der Waals surface area contributed by atoms with Crippen molar-refractivity contribution in [1.82, 2.24) is 10.2 Å². The highest BCUT2D eigenvalue weighted by Gasteiger charge is 2.52. The lowest BCUT2D eigenvalue weighted by Crippen LogP contribution is -2.53. The van der Waals surface area contributed by atoms with Crippen molar-refractivity contribution in [2.45, 2.75) is 38.0 Å². The number of carbonyl (C=O) groups excluding carboxylic acids is 1. The molecule has 2 aliphatic heterocycles. The highest BCUT2D eigenvalue weighted by molar-refractivity contribution is 5.84. The first kappa shape index (κ1) is 14.6. The number of nitrogens with one attached hydrogen (secondary N) is 1. The first-order valence-corrected chi connectivity index (χ1v) is 6.53. The summed E-state index contributed by atoms with van der Waals surface area (Å²) >= 11 is 0. The van der Waals surface area contributed by atoms with Gasteiger partial charge in [-0.05, 0) is 44.2 Å². The van der Waals surface area contributed by atoms with Gasteiger partial charge < -0.3 is 10.2 Å². The lowest BCUT2D eigenvalue weighted by Gasteiger charge is -2.44. The summed E-state index contributed by atoms with van der Waals surface area (Å²) in [6.45, 7) is 2.09. The number of alkyl halides is 4. The number of amides is 1. The first-order valence-electron chi connectivity index (χ1n) is 6.53. The van der Waals surface area contributed by atoms with Crippen molar-refractivity contribution in [1.29, 1.82) is 0 Å². The van der Waals surface area contributed by atoms with E-state index in [0.717, 1.165) is 30.8 Å². The van der Waals surface area contributed by atoms with E-state index in [4.69, 9.17) is 0 Å². The minimum Gasteiger partial charge on any atom is -0.337 e. The maximum atomic E-state index is 13.0. The third-order valence-electron chi connectivity index (χ3n) is 4.33. The molecule has 0 aromatic carbocycles. The van der Waals surface area contributed by atoms with Gasteiger partial charge in [-0.2, -0.15) is 8.78 Å². The van der Waals surface area contributed by atoms with Crippen LogP contribution >= 0.6 is 0 Å². The minimum atomic E-state index is -4.56. The molecule has 2 saturated heterocycles. The van der Waals surface area contributed by atoms with E-state index in [1.165, 1.54) is 0 Å². The number of piperidine rings is 2. The van der Waals surface area contributed by atoms with Gasteiger partial charge in [0.15, 0.2) is 0 Å². The topological polar surface area (TPSA) is 32.3 Å². The average molecular weight is 282 g/mol. The number of carbonyl (C=O) groups is 1. The number of likely N-dealkylation sites (tertiary alicyclic amines) is 1. The predicted molar refractivity (Wildman–Crippen MR) is 61.3 cm³/mol. The molecule has 0 radical (unpaired) electrons. The number of nitrogens with zero attached hydrogens (tertiary/aromatic N) is 1. The Morgan fingerprint density at radius 1 is 1.11 bits per heavy atom. The molecule has 2 fully saturated rings. The molecule has 0 unspecified atom stereocenters. The van der Waals surface area contributed by atoms with Crippen molar-refractivity contribution in [2.75, 3.05) is 26.2 Å². The molecule has 0 saturated carbocycles. The standard InChI is InChI=1S/C12H18F4N2O/c13-9(14)12(15,16)10(19)18-7-3-11(4-8-18)1-5-17-6-2-11/h9,17H,1-8H2. The van der Waals surface area contributed by atoms with Crippen molar-refractivity contribution in [3.05, 3.63) is 0 Å². The van der Waals surface area contributed by atoms with E-state index in [1.54, 1.807) is 0 Å². The Morgan fingerprint density at radius 2 is 1.63 bits per heavy atom. The second-order valence-electron chi connectivity index (χ2n) is 5.47. The zero-order chi connectivity index (χ0) is 14.1. The Bertz CT molecular complexity index is 333. The van der Waals surface area contributed by atoms with E-state index in [-0.39, 0.29) is 18.5 Å². The molecule has 1 N–H and O–H groups in total. The number of hydrogen-bond donors (Lipinski definition) is 1. The SMILES string of the molecule is O=C(N1CCC2(CCNCC2)CC1)C(F)(F)C(F)F. The summed E-state index contributed by atoms with van der Waals surface area (Å²) in [5.41, 5.74) is 0.0994. The Kier molecular flexibility index (Phi) is 4.03. The van der Waals surface area contributed by atoms with Crippen LogP contribution in [0.25, 0.3) is 0 Å². The van der Waals surface area contributed by atoms with Crippen LogP contribution in [0.1, 0.15) is 25.7 Å². The highest BCUT2D eigenvalue weighted by atomic mass is 19.3. The van der Waals surface area contributed by atoms with Gasteiger partial charge in [0.2, 0.25) is 0 Å². The fraction of sp³-hybridized carbons (Fsp3) is 0.917. The summed E-state index contributed by atoms with van der Waals surface area (Å²) in [4.78, 5) is 12.3. The largest absolute Gasteiger partial charge is 0.383 e. The van der Waals surface area contributed by atoms with Gasteiger partial charge in [-0.15, -0.1) is 0 Å². The number of hydrogen-bond acceptors (Lipinski definition) is 2. The van der Waals surface area contributed by atoms with Crippen LogP contribution in [0.5, 0.6) is 0 Å². The van der Waals surface area contributed by atoms with Gasteiger partial charge in [0, 0.05) is 13.1 Å². The second-order valence-corrected chi connectivity index (χ2v) is 5.47. The van der Waals surface area contributed by atoms with Gasteiger partial charge in [-0.1, -0.05) is 0 Å². The van der Waals surface area contributed by atoms with Gasteiger partial charge in [-0.3, -0.25) is 4.79 Å². The van der Waals surface area contributed by atoms with Crippen molar-refractivity contribution in [3.8, 4) is 0 Å². The van der Waals surface area contributed by atoms with Gasteiger partial charge in [0.05, 0.1) is 0 Å². The average Bonchev–Trinajstić information content (AvgIpc) is 2.39. The number of halogens is 4. The maximum absolute atomic E-state index is 13.0. The van der Waals surface area contributed by atoms with Gasteiger partial charge in [0.1, 0.15) is 0 Å². The predicted octanol–water partition coefficient (Wildman–Crippen LogP) is 1.88. The molecule has 110 valence electrons. The van der Waals surface area contributed by atoms with Crippen molar-refractivity contribution in [3.63, 3.8) is 0 Å². The zero-order valence-corrected chi connectivity index (χ0v) is 10.6. The van der Waals surface area contributed by atoms with Crippen LogP contribution in [0.4, 0.5) is 17.6 Å². The molecular formula is C12H18F4N2O. The van der Waals surface area contributed by atoms with Crippen LogP contribution in [0.2, 0.25) is 0 Å². The molecule has 1 amide bonds. The lowest BCUT2D eigenvalue weighted by atomic mass is 9.71.